The molecule has 0 atom stereocenters. The fourth-order valence-electron chi connectivity index (χ4n) is 2.80. The molecule has 5 nitrogen and oxygen atoms in total. The van der Waals surface area contributed by atoms with Crippen molar-refractivity contribution in [3.8, 4) is 11.5 Å². The van der Waals surface area contributed by atoms with Gasteiger partial charge >= 0.3 is 0 Å². The minimum atomic E-state index is -0.179. The number of nitrogens with one attached hydrogen (secondary N) is 1. The summed E-state index contributed by atoms with van der Waals surface area (Å²) in [7, 11) is 3.18. The van der Waals surface area contributed by atoms with Crippen LogP contribution < -0.4 is 14.8 Å². The van der Waals surface area contributed by atoms with Crippen molar-refractivity contribution in [2.24, 2.45) is 4.99 Å². The molecule has 28 heavy (non-hydrogen) atoms. The van der Waals surface area contributed by atoms with Crippen molar-refractivity contribution < 1.29 is 14.3 Å². The van der Waals surface area contributed by atoms with Gasteiger partial charge < -0.3 is 14.8 Å². The lowest BCUT2D eigenvalue weighted by Gasteiger charge is -2.12. The summed E-state index contributed by atoms with van der Waals surface area (Å²) in [6.45, 7) is 0. The molecule has 3 aromatic carbocycles. The Labute approximate surface area is 164 Å². The topological polar surface area (TPSA) is 59.9 Å². The Balaban J connectivity index is 1.90. The summed E-state index contributed by atoms with van der Waals surface area (Å²) in [5.41, 5.74) is 2.83. The van der Waals surface area contributed by atoms with E-state index in [4.69, 9.17) is 14.5 Å². The van der Waals surface area contributed by atoms with E-state index in [2.05, 4.69) is 5.32 Å². The molecule has 0 saturated carbocycles. The van der Waals surface area contributed by atoms with Gasteiger partial charge in [0.1, 0.15) is 17.2 Å². The van der Waals surface area contributed by atoms with Gasteiger partial charge in [-0.3, -0.25) is 4.79 Å². The van der Waals surface area contributed by atoms with Crippen LogP contribution in [0.1, 0.15) is 12.0 Å². The number of para-hydroxylation sites is 4. The van der Waals surface area contributed by atoms with Gasteiger partial charge in [-0.15, -0.1) is 0 Å². The normalized spacial score (nSPS) is 11.0. The fraction of sp³-hybridized carbons (Fsp3) is 0.130. The summed E-state index contributed by atoms with van der Waals surface area (Å²) < 4.78 is 10.7. The van der Waals surface area contributed by atoms with Gasteiger partial charge in [0.25, 0.3) is 0 Å². The maximum absolute atomic E-state index is 12.7. The Morgan fingerprint density at radius 2 is 1.43 bits per heavy atom. The average Bonchev–Trinajstić information content (AvgIpc) is 2.74. The van der Waals surface area contributed by atoms with E-state index >= 15 is 0 Å². The van der Waals surface area contributed by atoms with E-state index in [9.17, 15) is 4.79 Å². The molecule has 1 amide bonds. The van der Waals surface area contributed by atoms with Crippen molar-refractivity contribution in [2.45, 2.75) is 6.42 Å². The minimum absolute atomic E-state index is 0.111. The minimum Gasteiger partial charge on any atom is -0.495 e. The molecule has 5 heteroatoms. The number of hydrogen-bond acceptors (Lipinski definition) is 4. The summed E-state index contributed by atoms with van der Waals surface area (Å²) in [6.07, 6.45) is 0.111. The van der Waals surface area contributed by atoms with Crippen LogP contribution in [-0.2, 0) is 4.79 Å². The van der Waals surface area contributed by atoms with E-state index < -0.39 is 0 Å². The maximum Gasteiger partial charge on any atom is 0.230 e. The molecule has 0 unspecified atom stereocenters. The second-order valence-electron chi connectivity index (χ2n) is 6.02. The van der Waals surface area contributed by atoms with E-state index in [1.54, 1.807) is 26.4 Å². The van der Waals surface area contributed by atoms with Crippen LogP contribution in [0.5, 0.6) is 11.5 Å². The quantitative estimate of drug-likeness (QED) is 0.601. The van der Waals surface area contributed by atoms with E-state index in [1.165, 1.54) is 0 Å². The zero-order chi connectivity index (χ0) is 19.8. The molecule has 0 aliphatic rings. The van der Waals surface area contributed by atoms with Crippen LogP contribution in [0.15, 0.2) is 83.9 Å². The maximum atomic E-state index is 12.7. The molecule has 142 valence electrons. The third kappa shape index (κ3) is 4.76. The molecule has 0 aromatic heterocycles. The van der Waals surface area contributed by atoms with Gasteiger partial charge in [0.05, 0.1) is 32.0 Å². The van der Waals surface area contributed by atoms with Crippen LogP contribution in [0.4, 0.5) is 11.4 Å². The van der Waals surface area contributed by atoms with Gasteiger partial charge in [0, 0.05) is 0 Å². The number of carbonyl (C=O) groups is 1. The number of hydrogen-bond donors (Lipinski definition) is 1. The zero-order valence-corrected chi connectivity index (χ0v) is 15.9. The SMILES string of the molecule is COc1ccccc1N=C(CC(=O)Nc1ccccc1OC)c1ccccc1. The molecule has 0 aliphatic carbocycles. The predicted molar refractivity (Wildman–Crippen MR) is 112 cm³/mol. The first-order valence-electron chi connectivity index (χ1n) is 8.90. The Kier molecular flexibility index (Phi) is 6.41. The summed E-state index contributed by atoms with van der Waals surface area (Å²) >= 11 is 0. The molecular weight excluding hydrogens is 352 g/mol. The smallest absolute Gasteiger partial charge is 0.230 e. The van der Waals surface area contributed by atoms with Gasteiger partial charge in [-0.2, -0.15) is 0 Å². The van der Waals surface area contributed by atoms with Gasteiger partial charge in [0.2, 0.25) is 5.91 Å². The molecule has 1 N–H and O–H groups in total. The molecule has 3 rings (SSSR count). The molecule has 0 bridgehead atoms. The van der Waals surface area contributed by atoms with Gasteiger partial charge in [0.15, 0.2) is 0 Å². The first-order chi connectivity index (χ1) is 13.7. The summed E-state index contributed by atoms with van der Waals surface area (Å²) in [4.78, 5) is 17.5. The Morgan fingerprint density at radius 1 is 0.821 bits per heavy atom. The molecular formula is C23H22N2O3. The van der Waals surface area contributed by atoms with E-state index in [0.29, 0.717) is 28.6 Å². The molecule has 3 aromatic rings. The highest BCUT2D eigenvalue weighted by molar-refractivity contribution is 6.14. The molecule has 0 radical (unpaired) electrons. The van der Waals surface area contributed by atoms with Crippen molar-refractivity contribution in [3.63, 3.8) is 0 Å². The number of ether oxygens (including phenoxy) is 2. The van der Waals surface area contributed by atoms with Crippen LogP contribution in [0.2, 0.25) is 0 Å². The Morgan fingerprint density at radius 3 is 2.14 bits per heavy atom. The van der Waals surface area contributed by atoms with Crippen molar-refractivity contribution in [2.75, 3.05) is 19.5 Å². The molecule has 0 aliphatic heterocycles. The predicted octanol–water partition coefficient (Wildman–Crippen LogP) is 4.85. The highest BCUT2D eigenvalue weighted by Gasteiger charge is 2.13. The van der Waals surface area contributed by atoms with Crippen LogP contribution in [0.3, 0.4) is 0 Å². The first kappa shape index (κ1) is 19.2. The van der Waals surface area contributed by atoms with Crippen molar-refractivity contribution in [3.05, 3.63) is 84.4 Å². The number of carbonyl (C=O) groups excluding carboxylic acids is 1. The lowest BCUT2D eigenvalue weighted by atomic mass is 10.1. The van der Waals surface area contributed by atoms with E-state index in [0.717, 1.165) is 5.56 Å². The second-order valence-corrected chi connectivity index (χ2v) is 6.02. The molecule has 0 saturated heterocycles. The number of rotatable bonds is 7. The standard InChI is InChI=1S/C23H22N2O3/c1-27-21-14-8-6-12-18(21)24-20(17-10-4-3-5-11-17)16-23(26)25-19-13-7-9-15-22(19)28-2/h3-15H,16H2,1-2H3,(H,25,26). The van der Waals surface area contributed by atoms with E-state index in [-0.39, 0.29) is 12.3 Å². The average molecular weight is 374 g/mol. The zero-order valence-electron chi connectivity index (χ0n) is 15.9. The second kappa shape index (κ2) is 9.37. The largest absolute Gasteiger partial charge is 0.495 e. The third-order valence-electron chi connectivity index (χ3n) is 4.16. The third-order valence-corrected chi connectivity index (χ3v) is 4.16. The number of aliphatic imine (C=N–C) groups is 1. The number of anilines is 1. The Hall–Kier alpha value is -3.60. The summed E-state index contributed by atoms with van der Waals surface area (Å²) in [5.74, 6) is 1.09. The summed E-state index contributed by atoms with van der Waals surface area (Å²) in [6, 6.07) is 24.4. The fourth-order valence-corrected chi connectivity index (χ4v) is 2.80. The molecule has 0 fully saturated rings. The van der Waals surface area contributed by atoms with Crippen LogP contribution >= 0.6 is 0 Å². The van der Waals surface area contributed by atoms with Crippen LogP contribution in [-0.4, -0.2) is 25.8 Å². The number of nitrogens with zero attached hydrogens (tertiary/aromatic N) is 1. The highest BCUT2D eigenvalue weighted by atomic mass is 16.5. The van der Waals surface area contributed by atoms with Crippen molar-refractivity contribution in [1.82, 2.24) is 0 Å². The molecule has 0 heterocycles. The monoisotopic (exact) mass is 374 g/mol. The lowest BCUT2D eigenvalue weighted by molar-refractivity contribution is -0.115. The lowest BCUT2D eigenvalue weighted by Crippen LogP contribution is -2.17. The first-order valence-corrected chi connectivity index (χ1v) is 8.90. The van der Waals surface area contributed by atoms with Crippen LogP contribution in [0.25, 0.3) is 0 Å². The van der Waals surface area contributed by atoms with Crippen LogP contribution in [0, 0.1) is 0 Å². The van der Waals surface area contributed by atoms with Gasteiger partial charge in [-0.05, 0) is 29.8 Å². The van der Waals surface area contributed by atoms with Gasteiger partial charge in [-0.1, -0.05) is 54.6 Å². The number of amides is 1. The van der Waals surface area contributed by atoms with Crippen molar-refractivity contribution >= 4 is 23.0 Å². The van der Waals surface area contributed by atoms with Crippen molar-refractivity contribution in [1.29, 1.82) is 0 Å². The number of benzene rings is 3. The highest BCUT2D eigenvalue weighted by Crippen LogP contribution is 2.28. The Bertz CT molecular complexity index is 968. The molecule has 0 spiro atoms. The summed E-state index contributed by atoms with van der Waals surface area (Å²) in [5, 5.41) is 2.90. The van der Waals surface area contributed by atoms with E-state index in [1.807, 2.05) is 66.7 Å². The number of methoxy groups -OCH3 is 2. The van der Waals surface area contributed by atoms with Gasteiger partial charge in [-0.25, -0.2) is 4.99 Å².